The van der Waals surface area contributed by atoms with Gasteiger partial charge in [0, 0.05) is 6.54 Å². The van der Waals surface area contributed by atoms with Crippen LogP contribution < -0.4 is 5.73 Å². The van der Waals surface area contributed by atoms with E-state index in [1.807, 2.05) is 0 Å². The van der Waals surface area contributed by atoms with Crippen molar-refractivity contribution < 1.29 is 9.90 Å². The zero-order chi connectivity index (χ0) is 11.5. The smallest absolute Gasteiger partial charge is 0.321 e. The standard InChI is InChI=1S/C11H22N2O2/c1-11(2)4-3-6-13(7-5-11)8-9(12)10(14)15/h9H,3-8,12H2,1-2H3,(H,14,15). The molecule has 0 saturated carbocycles. The predicted molar refractivity (Wildman–Crippen MR) is 59.7 cm³/mol. The lowest BCUT2D eigenvalue weighted by Gasteiger charge is -2.24. The average Bonchev–Trinajstić information content (AvgIpc) is 2.28. The van der Waals surface area contributed by atoms with Crippen molar-refractivity contribution >= 4 is 5.97 Å². The Labute approximate surface area is 91.4 Å². The maximum Gasteiger partial charge on any atom is 0.321 e. The Bertz CT molecular complexity index is 229. The lowest BCUT2D eigenvalue weighted by Crippen LogP contribution is -2.43. The Kier molecular flexibility index (Phi) is 4.11. The van der Waals surface area contributed by atoms with Gasteiger partial charge in [0.15, 0.2) is 0 Å². The van der Waals surface area contributed by atoms with Crippen LogP contribution in [0.3, 0.4) is 0 Å². The SMILES string of the molecule is CC1(C)CCCN(CC(N)C(=O)O)CC1. The van der Waals surface area contributed by atoms with E-state index in [-0.39, 0.29) is 0 Å². The minimum Gasteiger partial charge on any atom is -0.480 e. The molecule has 0 amide bonds. The first-order valence-corrected chi connectivity index (χ1v) is 5.61. The normalized spacial score (nSPS) is 24.5. The third-order valence-corrected chi connectivity index (χ3v) is 3.20. The van der Waals surface area contributed by atoms with Gasteiger partial charge in [-0.25, -0.2) is 0 Å². The fourth-order valence-corrected chi connectivity index (χ4v) is 2.02. The van der Waals surface area contributed by atoms with E-state index in [4.69, 9.17) is 10.8 Å². The molecule has 1 unspecified atom stereocenters. The maximum absolute atomic E-state index is 10.6. The number of aliphatic carboxylic acids is 1. The summed E-state index contributed by atoms with van der Waals surface area (Å²) in [4.78, 5) is 12.8. The Balaban J connectivity index is 2.41. The van der Waals surface area contributed by atoms with E-state index in [0.29, 0.717) is 12.0 Å². The number of likely N-dealkylation sites (tertiary alicyclic amines) is 1. The van der Waals surface area contributed by atoms with Crippen molar-refractivity contribution in [2.75, 3.05) is 19.6 Å². The van der Waals surface area contributed by atoms with Crippen molar-refractivity contribution in [1.82, 2.24) is 4.90 Å². The zero-order valence-electron chi connectivity index (χ0n) is 9.70. The van der Waals surface area contributed by atoms with E-state index in [2.05, 4.69) is 18.7 Å². The van der Waals surface area contributed by atoms with Crippen molar-refractivity contribution in [3.63, 3.8) is 0 Å². The third kappa shape index (κ3) is 4.18. The van der Waals surface area contributed by atoms with Gasteiger partial charge in [0.25, 0.3) is 0 Å². The monoisotopic (exact) mass is 214 g/mol. The lowest BCUT2D eigenvalue weighted by molar-refractivity contribution is -0.139. The van der Waals surface area contributed by atoms with E-state index in [9.17, 15) is 4.79 Å². The number of hydrogen-bond donors (Lipinski definition) is 2. The zero-order valence-corrected chi connectivity index (χ0v) is 9.70. The molecule has 0 aromatic rings. The molecule has 0 spiro atoms. The van der Waals surface area contributed by atoms with Gasteiger partial charge in [-0.1, -0.05) is 13.8 Å². The second kappa shape index (κ2) is 4.94. The summed E-state index contributed by atoms with van der Waals surface area (Å²) in [5.41, 5.74) is 5.92. The van der Waals surface area contributed by atoms with Crippen LogP contribution in [0.25, 0.3) is 0 Å². The molecule has 1 heterocycles. The third-order valence-electron chi connectivity index (χ3n) is 3.20. The summed E-state index contributed by atoms with van der Waals surface area (Å²) in [5.74, 6) is -0.904. The highest BCUT2D eigenvalue weighted by molar-refractivity contribution is 5.73. The molecule has 1 fully saturated rings. The molecule has 1 aliphatic rings. The van der Waals surface area contributed by atoms with Gasteiger partial charge >= 0.3 is 5.97 Å². The highest BCUT2D eigenvalue weighted by atomic mass is 16.4. The van der Waals surface area contributed by atoms with E-state index in [1.165, 1.54) is 6.42 Å². The van der Waals surface area contributed by atoms with E-state index in [1.54, 1.807) is 0 Å². The van der Waals surface area contributed by atoms with E-state index in [0.717, 1.165) is 25.9 Å². The molecular weight excluding hydrogens is 192 g/mol. The van der Waals surface area contributed by atoms with Crippen molar-refractivity contribution in [1.29, 1.82) is 0 Å². The molecule has 4 nitrogen and oxygen atoms in total. The molecule has 0 aliphatic carbocycles. The van der Waals surface area contributed by atoms with Crippen LogP contribution in [0.2, 0.25) is 0 Å². The van der Waals surface area contributed by atoms with Crippen LogP contribution in [-0.2, 0) is 4.79 Å². The second-order valence-electron chi connectivity index (χ2n) is 5.26. The minimum atomic E-state index is -0.904. The highest BCUT2D eigenvalue weighted by Crippen LogP contribution is 2.29. The van der Waals surface area contributed by atoms with Crippen LogP contribution in [0.1, 0.15) is 33.1 Å². The first kappa shape index (κ1) is 12.5. The number of hydrogen-bond acceptors (Lipinski definition) is 3. The summed E-state index contributed by atoms with van der Waals surface area (Å²) in [6, 6.07) is -0.744. The topological polar surface area (TPSA) is 66.6 Å². The van der Waals surface area contributed by atoms with Crippen LogP contribution in [-0.4, -0.2) is 41.7 Å². The summed E-state index contributed by atoms with van der Waals surface area (Å²) in [6.45, 7) is 6.96. The molecule has 15 heavy (non-hydrogen) atoms. The largest absolute Gasteiger partial charge is 0.480 e. The Morgan fingerprint density at radius 2 is 2.13 bits per heavy atom. The van der Waals surface area contributed by atoms with Crippen LogP contribution in [0, 0.1) is 5.41 Å². The summed E-state index contributed by atoms with van der Waals surface area (Å²) < 4.78 is 0. The fraction of sp³-hybridized carbons (Fsp3) is 0.909. The van der Waals surface area contributed by atoms with Crippen molar-refractivity contribution in [2.45, 2.75) is 39.2 Å². The first-order valence-electron chi connectivity index (χ1n) is 5.61. The molecular formula is C11H22N2O2. The maximum atomic E-state index is 10.6. The van der Waals surface area contributed by atoms with Gasteiger partial charge in [-0.05, 0) is 37.8 Å². The number of carboxylic acids is 1. The molecule has 0 aromatic heterocycles. The molecule has 1 saturated heterocycles. The van der Waals surface area contributed by atoms with Crippen LogP contribution in [0.15, 0.2) is 0 Å². The van der Waals surface area contributed by atoms with Gasteiger partial charge in [0.2, 0.25) is 0 Å². The number of nitrogens with two attached hydrogens (primary N) is 1. The average molecular weight is 214 g/mol. The summed E-state index contributed by atoms with van der Waals surface area (Å²) in [6.07, 6.45) is 3.48. The predicted octanol–water partition coefficient (Wildman–Crippen LogP) is 0.910. The first-order chi connectivity index (χ1) is 6.91. The minimum absolute atomic E-state index is 0.391. The Hall–Kier alpha value is -0.610. The number of rotatable bonds is 3. The van der Waals surface area contributed by atoms with Crippen LogP contribution in [0.5, 0.6) is 0 Å². The molecule has 1 aliphatic heterocycles. The highest BCUT2D eigenvalue weighted by Gasteiger charge is 2.24. The Morgan fingerprint density at radius 1 is 1.47 bits per heavy atom. The Morgan fingerprint density at radius 3 is 2.73 bits per heavy atom. The number of carboxylic acid groups (broad SMARTS) is 1. The molecule has 3 N–H and O–H groups in total. The van der Waals surface area contributed by atoms with Crippen LogP contribution in [0.4, 0.5) is 0 Å². The van der Waals surface area contributed by atoms with Gasteiger partial charge < -0.3 is 15.7 Å². The van der Waals surface area contributed by atoms with Gasteiger partial charge in [0.1, 0.15) is 6.04 Å². The molecule has 0 radical (unpaired) electrons. The molecule has 1 rings (SSSR count). The number of nitrogens with zero attached hydrogens (tertiary/aromatic N) is 1. The van der Waals surface area contributed by atoms with E-state index < -0.39 is 12.0 Å². The molecule has 0 aromatic carbocycles. The lowest BCUT2D eigenvalue weighted by atomic mass is 9.85. The second-order valence-corrected chi connectivity index (χ2v) is 5.26. The van der Waals surface area contributed by atoms with Crippen molar-refractivity contribution in [3.8, 4) is 0 Å². The van der Waals surface area contributed by atoms with Gasteiger partial charge in [-0.2, -0.15) is 0 Å². The fourth-order valence-electron chi connectivity index (χ4n) is 2.02. The molecule has 1 atom stereocenters. The molecule has 4 heteroatoms. The molecule has 0 bridgehead atoms. The summed E-state index contributed by atoms with van der Waals surface area (Å²) >= 11 is 0. The molecule has 88 valence electrons. The van der Waals surface area contributed by atoms with Gasteiger partial charge in [-0.15, -0.1) is 0 Å². The van der Waals surface area contributed by atoms with Gasteiger partial charge in [0.05, 0.1) is 0 Å². The van der Waals surface area contributed by atoms with E-state index >= 15 is 0 Å². The number of carbonyl (C=O) groups is 1. The van der Waals surface area contributed by atoms with Gasteiger partial charge in [-0.3, -0.25) is 4.79 Å². The summed E-state index contributed by atoms with van der Waals surface area (Å²) in [5, 5.41) is 8.73. The summed E-state index contributed by atoms with van der Waals surface area (Å²) in [7, 11) is 0. The van der Waals surface area contributed by atoms with Crippen molar-refractivity contribution in [3.05, 3.63) is 0 Å². The van der Waals surface area contributed by atoms with Crippen molar-refractivity contribution in [2.24, 2.45) is 11.1 Å². The van der Waals surface area contributed by atoms with Crippen LogP contribution >= 0.6 is 0 Å². The quantitative estimate of drug-likeness (QED) is 0.733.